The van der Waals surface area contributed by atoms with Crippen LogP contribution in [0.2, 0.25) is 0 Å². The van der Waals surface area contributed by atoms with Gasteiger partial charge < -0.3 is 5.11 Å². The van der Waals surface area contributed by atoms with Crippen molar-refractivity contribution in [3.05, 3.63) is 35.4 Å². The summed E-state index contributed by atoms with van der Waals surface area (Å²) >= 11 is 0. The van der Waals surface area contributed by atoms with Crippen LogP contribution < -0.4 is 0 Å². The quantitative estimate of drug-likeness (QED) is 0.624. The summed E-state index contributed by atoms with van der Waals surface area (Å²) in [6.07, 6.45) is 0.0473. The number of carbonyl (C=O) groups is 1. The molecule has 0 spiro atoms. The van der Waals surface area contributed by atoms with E-state index in [1.807, 2.05) is 19.9 Å². The average molecular weight is 238 g/mol. The summed E-state index contributed by atoms with van der Waals surface area (Å²) in [6.45, 7) is 5.57. The molecule has 1 aromatic carbocycles. The van der Waals surface area contributed by atoms with Gasteiger partial charge in [0.25, 0.3) is 0 Å². The smallest absolute Gasteiger partial charge is 0.373 e. The first-order valence-corrected chi connectivity index (χ1v) is 5.52. The van der Waals surface area contributed by atoms with Crippen LogP contribution in [-0.4, -0.2) is 22.4 Å². The van der Waals surface area contributed by atoms with Gasteiger partial charge in [-0.05, 0) is 30.4 Å². The van der Waals surface area contributed by atoms with Gasteiger partial charge in [0.05, 0.1) is 11.7 Å². The summed E-state index contributed by atoms with van der Waals surface area (Å²) in [5.74, 6) is -0.778. The Labute approximate surface area is 101 Å². The minimum atomic E-state index is -0.778. The molecule has 0 aliphatic carbocycles. The Hall–Kier alpha value is -1.39. The van der Waals surface area contributed by atoms with E-state index in [1.54, 1.807) is 25.1 Å². The third-order valence-corrected chi connectivity index (χ3v) is 2.76. The summed E-state index contributed by atoms with van der Waals surface area (Å²) in [5.41, 5.74) is 0.694. The Balaban J connectivity index is 3.16. The SMILES string of the molecule is CC(O)CC(C)(C)c1ccccc1C(=O)OO. The highest BCUT2D eigenvalue weighted by Crippen LogP contribution is 2.31. The molecule has 0 heterocycles. The lowest BCUT2D eigenvalue weighted by molar-refractivity contribution is -0.182. The molecule has 0 saturated heterocycles. The fourth-order valence-electron chi connectivity index (χ4n) is 2.15. The van der Waals surface area contributed by atoms with Crippen molar-refractivity contribution in [3.8, 4) is 0 Å². The lowest BCUT2D eigenvalue weighted by Crippen LogP contribution is -2.25. The van der Waals surface area contributed by atoms with Crippen molar-refractivity contribution in [1.29, 1.82) is 0 Å². The molecular formula is C13H18O4. The number of benzene rings is 1. The molecule has 2 N–H and O–H groups in total. The van der Waals surface area contributed by atoms with Gasteiger partial charge in [-0.15, -0.1) is 0 Å². The van der Waals surface area contributed by atoms with Crippen molar-refractivity contribution in [2.24, 2.45) is 0 Å². The molecule has 1 unspecified atom stereocenters. The highest BCUT2D eigenvalue weighted by Gasteiger charge is 2.27. The van der Waals surface area contributed by atoms with E-state index in [0.717, 1.165) is 5.56 Å². The molecule has 1 rings (SSSR count). The molecule has 17 heavy (non-hydrogen) atoms. The number of aliphatic hydroxyl groups excluding tert-OH is 1. The minimum Gasteiger partial charge on any atom is -0.393 e. The van der Waals surface area contributed by atoms with Gasteiger partial charge in [-0.25, -0.2) is 4.79 Å². The molecule has 94 valence electrons. The summed E-state index contributed by atoms with van der Waals surface area (Å²) in [5, 5.41) is 17.9. The van der Waals surface area contributed by atoms with E-state index in [1.165, 1.54) is 0 Å². The summed E-state index contributed by atoms with van der Waals surface area (Å²) in [6, 6.07) is 6.91. The highest BCUT2D eigenvalue weighted by molar-refractivity contribution is 5.91. The number of carbonyl (C=O) groups excluding carboxylic acids is 1. The molecule has 0 aromatic heterocycles. The summed E-state index contributed by atoms with van der Waals surface area (Å²) in [4.78, 5) is 15.2. The van der Waals surface area contributed by atoms with Crippen molar-refractivity contribution in [2.45, 2.75) is 38.7 Å². The minimum absolute atomic E-state index is 0.320. The van der Waals surface area contributed by atoms with Crippen LogP contribution in [0.15, 0.2) is 24.3 Å². The van der Waals surface area contributed by atoms with E-state index >= 15 is 0 Å². The fraction of sp³-hybridized carbons (Fsp3) is 0.462. The maximum absolute atomic E-state index is 11.4. The molecule has 0 bridgehead atoms. The molecule has 0 amide bonds. The topological polar surface area (TPSA) is 66.8 Å². The van der Waals surface area contributed by atoms with E-state index in [2.05, 4.69) is 4.89 Å². The second-order valence-corrected chi connectivity index (χ2v) is 4.86. The molecule has 4 nitrogen and oxygen atoms in total. The zero-order chi connectivity index (χ0) is 13.1. The normalized spacial score (nSPS) is 13.2. The number of rotatable bonds is 4. The van der Waals surface area contributed by atoms with Gasteiger partial charge in [0.15, 0.2) is 0 Å². The van der Waals surface area contributed by atoms with Crippen LogP contribution in [0.4, 0.5) is 0 Å². The Morgan fingerprint density at radius 1 is 1.41 bits per heavy atom. The highest BCUT2D eigenvalue weighted by atomic mass is 17.1. The van der Waals surface area contributed by atoms with E-state index in [-0.39, 0.29) is 5.41 Å². The van der Waals surface area contributed by atoms with Gasteiger partial charge in [-0.3, -0.25) is 4.89 Å². The van der Waals surface area contributed by atoms with Gasteiger partial charge in [0.1, 0.15) is 0 Å². The van der Waals surface area contributed by atoms with Crippen molar-refractivity contribution in [1.82, 2.24) is 0 Å². The van der Waals surface area contributed by atoms with Gasteiger partial charge >= 0.3 is 5.97 Å². The Morgan fingerprint density at radius 3 is 2.53 bits per heavy atom. The van der Waals surface area contributed by atoms with Crippen LogP contribution in [0.25, 0.3) is 0 Å². The first-order chi connectivity index (χ1) is 7.88. The number of aliphatic hydroxyl groups is 1. The molecular weight excluding hydrogens is 220 g/mol. The fourth-order valence-corrected chi connectivity index (χ4v) is 2.15. The number of hydrogen-bond donors (Lipinski definition) is 2. The molecule has 0 aliphatic rings. The molecule has 0 saturated carbocycles. The van der Waals surface area contributed by atoms with Crippen LogP contribution in [0, 0.1) is 0 Å². The van der Waals surface area contributed by atoms with E-state index in [4.69, 9.17) is 5.26 Å². The summed E-state index contributed by atoms with van der Waals surface area (Å²) in [7, 11) is 0. The second-order valence-electron chi connectivity index (χ2n) is 4.86. The van der Waals surface area contributed by atoms with Gasteiger partial charge in [0, 0.05) is 0 Å². The summed E-state index contributed by atoms with van der Waals surface area (Å²) < 4.78 is 0. The number of hydrogen-bond acceptors (Lipinski definition) is 4. The predicted molar refractivity (Wildman–Crippen MR) is 63.8 cm³/mol. The van der Waals surface area contributed by atoms with Crippen molar-refractivity contribution >= 4 is 5.97 Å². The third kappa shape index (κ3) is 3.28. The largest absolute Gasteiger partial charge is 0.393 e. The van der Waals surface area contributed by atoms with Crippen molar-refractivity contribution < 1.29 is 20.0 Å². The predicted octanol–water partition coefficient (Wildman–Crippen LogP) is 2.36. The Kier molecular flexibility index (Phi) is 4.26. The van der Waals surface area contributed by atoms with Crippen LogP contribution >= 0.6 is 0 Å². The van der Waals surface area contributed by atoms with E-state index < -0.39 is 12.1 Å². The third-order valence-electron chi connectivity index (χ3n) is 2.76. The lowest BCUT2D eigenvalue weighted by atomic mass is 9.77. The average Bonchev–Trinajstić information content (AvgIpc) is 2.26. The molecule has 1 atom stereocenters. The van der Waals surface area contributed by atoms with Gasteiger partial charge in [-0.2, -0.15) is 5.26 Å². The van der Waals surface area contributed by atoms with Crippen LogP contribution in [-0.2, 0) is 10.3 Å². The molecule has 0 radical (unpaired) electrons. The maximum atomic E-state index is 11.4. The zero-order valence-electron chi connectivity index (χ0n) is 10.3. The van der Waals surface area contributed by atoms with Crippen LogP contribution in [0.5, 0.6) is 0 Å². The zero-order valence-corrected chi connectivity index (χ0v) is 10.3. The maximum Gasteiger partial charge on any atom is 0.373 e. The molecule has 0 fully saturated rings. The first kappa shape index (κ1) is 13.7. The monoisotopic (exact) mass is 238 g/mol. The van der Waals surface area contributed by atoms with E-state index in [0.29, 0.717) is 12.0 Å². The van der Waals surface area contributed by atoms with Gasteiger partial charge in [-0.1, -0.05) is 32.0 Å². The Bertz CT molecular complexity index is 396. The second kappa shape index (κ2) is 5.29. The lowest BCUT2D eigenvalue weighted by Gasteiger charge is -2.28. The first-order valence-electron chi connectivity index (χ1n) is 5.52. The van der Waals surface area contributed by atoms with Crippen LogP contribution in [0.3, 0.4) is 0 Å². The standard InChI is InChI=1S/C13H18O4/c1-9(14)8-13(2,3)11-7-5-4-6-10(11)12(15)17-16/h4-7,9,14,16H,8H2,1-3H3. The molecule has 0 aliphatic heterocycles. The molecule has 4 heteroatoms. The van der Waals surface area contributed by atoms with E-state index in [9.17, 15) is 9.90 Å². The van der Waals surface area contributed by atoms with Crippen molar-refractivity contribution in [3.63, 3.8) is 0 Å². The molecule has 1 aromatic rings. The van der Waals surface area contributed by atoms with Crippen LogP contribution in [0.1, 0.15) is 43.1 Å². The van der Waals surface area contributed by atoms with Crippen molar-refractivity contribution in [2.75, 3.05) is 0 Å². The Morgan fingerprint density at radius 2 is 2.00 bits per heavy atom. The van der Waals surface area contributed by atoms with Gasteiger partial charge in [0.2, 0.25) is 0 Å².